The zero-order chi connectivity index (χ0) is 47.5. The van der Waals surface area contributed by atoms with Crippen molar-refractivity contribution in [2.75, 3.05) is 0 Å². The van der Waals surface area contributed by atoms with Crippen LogP contribution in [-0.4, -0.2) is 26.8 Å². The smallest absolute Gasteiger partial charge is 0.179 e. The average molecular weight is 925 g/mol. The minimum absolute atomic E-state index is 0.846. The Morgan fingerprint density at radius 3 is 1.31 bits per heavy atom. The van der Waals surface area contributed by atoms with Crippen molar-refractivity contribution in [2.24, 2.45) is 0 Å². The minimum Gasteiger partial charge on any atom is -0.309 e. The van der Waals surface area contributed by atoms with E-state index in [0.29, 0.717) is 0 Å². The molecule has 0 aliphatic rings. The monoisotopic (exact) mass is 924 g/mol. The second-order valence-corrected chi connectivity index (χ2v) is 22.1. The predicted octanol–water partition coefficient (Wildman–Crippen LogP) is 14.7. The van der Waals surface area contributed by atoms with Crippen molar-refractivity contribution in [3.63, 3.8) is 0 Å². The van der Waals surface area contributed by atoms with Crippen LogP contribution in [0.25, 0.3) is 93.9 Å². The Morgan fingerprint density at radius 1 is 0.394 bits per heavy atom. The first-order valence-electron chi connectivity index (χ1n) is 24.4. The number of para-hydroxylation sites is 5. The molecular weight excluding hydrogens is 877 g/mol. The van der Waals surface area contributed by atoms with E-state index >= 15 is 0 Å². The number of fused-ring (bicyclic) bond motifs is 9. The van der Waals surface area contributed by atoms with E-state index in [1.165, 1.54) is 64.1 Å². The van der Waals surface area contributed by atoms with E-state index in [-0.39, 0.29) is 0 Å². The molecule has 0 aliphatic carbocycles. The van der Waals surface area contributed by atoms with Gasteiger partial charge in [0.2, 0.25) is 0 Å². The van der Waals surface area contributed by atoms with Gasteiger partial charge in [0.25, 0.3) is 0 Å². The van der Waals surface area contributed by atoms with Crippen LogP contribution in [0.2, 0.25) is 0 Å². The van der Waals surface area contributed by atoms with E-state index in [0.717, 1.165) is 50.5 Å². The van der Waals surface area contributed by atoms with Gasteiger partial charge in [-0.1, -0.05) is 207 Å². The SMILES string of the molecule is C=C/C=C\C(=C/C)[Si](c1ccccc1)(c1ccccc1)c1ccc2c(c1)c1ccccc1n2-c1cc(-c2cccc(-n3c4ccccc4c4ccccc43)c2)cc(-n2c3ccccc3c3ccccc32)n1. The summed E-state index contributed by atoms with van der Waals surface area (Å²) in [5, 5.41) is 12.5. The summed E-state index contributed by atoms with van der Waals surface area (Å²) in [6.45, 7) is 6.25. The summed E-state index contributed by atoms with van der Waals surface area (Å²) in [6, 6.07) is 86.7. The molecule has 0 bridgehead atoms. The molecule has 0 aliphatic heterocycles. The molecule has 0 N–H and O–H groups in total. The van der Waals surface area contributed by atoms with Crippen LogP contribution in [0.1, 0.15) is 6.92 Å². The Bertz CT molecular complexity index is 4120. The molecule has 0 amide bonds. The van der Waals surface area contributed by atoms with Crippen molar-refractivity contribution in [3.8, 4) is 28.5 Å². The number of hydrogen-bond donors (Lipinski definition) is 0. The van der Waals surface area contributed by atoms with Crippen molar-refractivity contribution in [1.82, 2.24) is 18.7 Å². The molecule has 0 spiro atoms. The molecule has 13 aromatic rings. The third-order valence-electron chi connectivity index (χ3n) is 14.5. The summed E-state index contributed by atoms with van der Waals surface area (Å²) in [5.74, 6) is 1.70. The quantitative estimate of drug-likeness (QED) is 0.0763. The molecule has 336 valence electrons. The van der Waals surface area contributed by atoms with E-state index in [4.69, 9.17) is 4.98 Å². The van der Waals surface area contributed by atoms with Crippen LogP contribution in [0.3, 0.4) is 0 Å². The van der Waals surface area contributed by atoms with Crippen LogP contribution in [0.4, 0.5) is 0 Å². The van der Waals surface area contributed by atoms with Gasteiger partial charge in [-0.05, 0) is 99.5 Å². The fourth-order valence-corrected chi connectivity index (χ4v) is 16.4. The summed E-state index contributed by atoms with van der Waals surface area (Å²) in [6.07, 6.45) is 8.54. The fraction of sp³-hybridized carbons (Fsp3) is 0.0152. The topological polar surface area (TPSA) is 27.7 Å². The van der Waals surface area contributed by atoms with Gasteiger partial charge < -0.3 is 4.57 Å². The van der Waals surface area contributed by atoms with Gasteiger partial charge in [-0.15, -0.1) is 0 Å². The van der Waals surface area contributed by atoms with Gasteiger partial charge in [0, 0.05) is 38.0 Å². The lowest BCUT2D eigenvalue weighted by atomic mass is 10.1. The average Bonchev–Trinajstić information content (AvgIpc) is 4.09. The van der Waals surface area contributed by atoms with E-state index in [1.807, 2.05) is 6.08 Å². The summed E-state index contributed by atoms with van der Waals surface area (Å²) < 4.78 is 7.12. The van der Waals surface area contributed by atoms with Crippen molar-refractivity contribution in [1.29, 1.82) is 0 Å². The van der Waals surface area contributed by atoms with E-state index in [9.17, 15) is 0 Å². The van der Waals surface area contributed by atoms with Gasteiger partial charge in [-0.25, -0.2) is 4.98 Å². The first kappa shape index (κ1) is 42.1. The van der Waals surface area contributed by atoms with E-state index in [1.54, 1.807) is 0 Å². The summed E-state index contributed by atoms with van der Waals surface area (Å²) in [5.41, 5.74) is 10.1. The number of rotatable bonds is 10. The second-order valence-electron chi connectivity index (χ2n) is 18.3. The van der Waals surface area contributed by atoms with Gasteiger partial charge >= 0.3 is 0 Å². The highest BCUT2D eigenvalue weighted by atomic mass is 28.3. The highest BCUT2D eigenvalue weighted by Gasteiger charge is 2.42. The number of nitrogens with zero attached hydrogens (tertiary/aromatic N) is 4. The number of hydrogen-bond acceptors (Lipinski definition) is 1. The number of benzene rings is 9. The Balaban J connectivity index is 1.09. The number of allylic oxidation sites excluding steroid dienone is 5. The van der Waals surface area contributed by atoms with E-state index in [2.05, 4.69) is 282 Å². The first-order valence-corrected chi connectivity index (χ1v) is 26.4. The minimum atomic E-state index is -2.88. The zero-order valence-corrected chi connectivity index (χ0v) is 40.3. The van der Waals surface area contributed by atoms with Gasteiger partial charge in [0.05, 0.1) is 33.1 Å². The molecule has 0 radical (unpaired) electrons. The van der Waals surface area contributed by atoms with Crippen LogP contribution in [0.5, 0.6) is 0 Å². The van der Waals surface area contributed by atoms with Gasteiger partial charge in [-0.3, -0.25) is 9.13 Å². The zero-order valence-electron chi connectivity index (χ0n) is 39.3. The highest BCUT2D eigenvalue weighted by Crippen LogP contribution is 2.38. The van der Waals surface area contributed by atoms with Gasteiger partial charge in [0.1, 0.15) is 11.6 Å². The van der Waals surface area contributed by atoms with Crippen molar-refractivity contribution < 1.29 is 0 Å². The molecule has 9 aromatic carbocycles. The van der Waals surface area contributed by atoms with Crippen molar-refractivity contribution in [2.45, 2.75) is 6.92 Å². The second kappa shape index (κ2) is 17.2. The molecule has 4 aromatic heterocycles. The molecule has 0 saturated carbocycles. The third-order valence-corrected chi connectivity index (χ3v) is 19.4. The molecule has 13 rings (SSSR count). The molecule has 0 saturated heterocycles. The van der Waals surface area contributed by atoms with E-state index < -0.39 is 8.07 Å². The Morgan fingerprint density at radius 2 is 0.831 bits per heavy atom. The normalized spacial score (nSPS) is 12.4. The summed E-state index contributed by atoms with van der Waals surface area (Å²) in [7, 11) is -2.88. The number of pyridine rings is 1. The van der Waals surface area contributed by atoms with Crippen molar-refractivity contribution in [3.05, 3.63) is 273 Å². The lowest BCUT2D eigenvalue weighted by Crippen LogP contribution is -2.68. The predicted molar refractivity (Wildman–Crippen MR) is 303 cm³/mol. The number of aromatic nitrogens is 4. The summed E-state index contributed by atoms with van der Waals surface area (Å²) >= 11 is 0. The maximum atomic E-state index is 5.74. The van der Waals surface area contributed by atoms with Crippen molar-refractivity contribution >= 4 is 89.1 Å². The van der Waals surface area contributed by atoms with Crippen LogP contribution in [0.15, 0.2) is 273 Å². The fourth-order valence-electron chi connectivity index (χ4n) is 11.5. The lowest BCUT2D eigenvalue weighted by molar-refractivity contribution is 1.01. The molecule has 0 fully saturated rings. The molecule has 4 heterocycles. The maximum Gasteiger partial charge on any atom is 0.179 e. The maximum absolute atomic E-state index is 5.74. The molecule has 71 heavy (non-hydrogen) atoms. The van der Waals surface area contributed by atoms with Crippen LogP contribution in [-0.2, 0) is 0 Å². The molecular formula is C66H48N4Si. The highest BCUT2D eigenvalue weighted by molar-refractivity contribution is 7.16. The largest absolute Gasteiger partial charge is 0.309 e. The van der Waals surface area contributed by atoms with Crippen LogP contribution >= 0.6 is 0 Å². The standard InChI is InChI=1S/C66H48N4Si/c1-3-5-25-49(4-2)71(50-26-8-6-9-27-50,51-28-10-7-11-29-51)52-40-41-64-58(45-52)57-34-16-21-39-63(57)70(64)66-44-47(43-65(67-66)69-61-37-19-14-32-55(61)56-33-15-20-38-62(56)69)46-23-22-24-48(42-46)68-59-35-17-12-30-53(59)54-31-13-18-36-60(54)68/h3-45H,1H2,2H3/b25-5-,49-4+. The Hall–Kier alpha value is -9.03. The lowest BCUT2D eigenvalue weighted by Gasteiger charge is -2.35. The molecule has 0 atom stereocenters. The Labute approximate surface area is 413 Å². The van der Waals surface area contributed by atoms with Gasteiger partial charge in [0.15, 0.2) is 8.07 Å². The first-order chi connectivity index (χ1) is 35.1. The summed E-state index contributed by atoms with van der Waals surface area (Å²) in [4.78, 5) is 5.74. The Kier molecular flexibility index (Phi) is 10.2. The molecule has 5 heteroatoms. The van der Waals surface area contributed by atoms with Gasteiger partial charge in [-0.2, -0.15) is 0 Å². The third kappa shape index (κ3) is 6.62. The van der Waals surface area contributed by atoms with Crippen LogP contribution < -0.4 is 15.6 Å². The van der Waals surface area contributed by atoms with Crippen LogP contribution in [0, 0.1) is 0 Å². The molecule has 0 unspecified atom stereocenters. The molecule has 4 nitrogen and oxygen atoms in total.